The highest BCUT2D eigenvalue weighted by atomic mass is 16.5. The Morgan fingerprint density at radius 1 is 0.967 bits per heavy atom. The molecule has 1 aliphatic rings. The molecule has 0 saturated heterocycles. The molecule has 1 unspecified atom stereocenters. The van der Waals surface area contributed by atoms with E-state index in [0.29, 0.717) is 0 Å². The number of benzene rings is 3. The first-order chi connectivity index (χ1) is 14.7. The summed E-state index contributed by atoms with van der Waals surface area (Å²) >= 11 is 0. The Balaban J connectivity index is 1.39. The summed E-state index contributed by atoms with van der Waals surface area (Å²) in [6, 6.07) is 26.2. The van der Waals surface area contributed by atoms with Crippen molar-refractivity contribution in [3.63, 3.8) is 0 Å². The number of H-pyrrole nitrogens is 1. The van der Waals surface area contributed by atoms with Crippen LogP contribution in [-0.4, -0.2) is 24.0 Å². The van der Waals surface area contributed by atoms with E-state index in [0.717, 1.165) is 35.2 Å². The standard InChI is InChI=1S/C26H24N2O2/c1-30-20-12-13-23-22(16-20)21-14-19(15-24(21)28-23)27-26(29)25(17-8-4-2-5-9-17)18-10-6-3-7-11-18/h2-13,16,19,25,28H,14-15H2,1H3,(H,27,29). The molecule has 0 saturated carbocycles. The van der Waals surface area contributed by atoms with Crippen LogP contribution in [0.1, 0.15) is 28.3 Å². The summed E-state index contributed by atoms with van der Waals surface area (Å²) in [5, 5.41) is 4.50. The molecule has 1 aliphatic carbocycles. The molecule has 5 rings (SSSR count). The first-order valence-electron chi connectivity index (χ1n) is 10.3. The van der Waals surface area contributed by atoms with E-state index < -0.39 is 0 Å². The maximum atomic E-state index is 13.4. The van der Waals surface area contributed by atoms with Crippen molar-refractivity contribution < 1.29 is 9.53 Å². The largest absolute Gasteiger partial charge is 0.497 e. The van der Waals surface area contributed by atoms with Crippen molar-refractivity contribution in [3.8, 4) is 5.75 Å². The van der Waals surface area contributed by atoms with Crippen LogP contribution in [0.2, 0.25) is 0 Å². The summed E-state index contributed by atoms with van der Waals surface area (Å²) < 4.78 is 5.39. The van der Waals surface area contributed by atoms with E-state index in [2.05, 4.69) is 22.4 Å². The zero-order chi connectivity index (χ0) is 20.5. The van der Waals surface area contributed by atoms with Gasteiger partial charge in [0.25, 0.3) is 0 Å². The number of amides is 1. The normalized spacial score (nSPS) is 15.3. The lowest BCUT2D eigenvalue weighted by molar-refractivity contribution is -0.122. The predicted octanol–water partition coefficient (Wildman–Crippen LogP) is 4.59. The van der Waals surface area contributed by atoms with Crippen molar-refractivity contribution in [1.82, 2.24) is 10.3 Å². The Hall–Kier alpha value is -3.53. The van der Waals surface area contributed by atoms with Gasteiger partial charge in [0.05, 0.1) is 13.0 Å². The molecule has 1 heterocycles. The van der Waals surface area contributed by atoms with Crippen molar-refractivity contribution in [3.05, 3.63) is 101 Å². The fourth-order valence-electron chi connectivity index (χ4n) is 4.55. The third-order valence-corrected chi connectivity index (χ3v) is 5.98. The van der Waals surface area contributed by atoms with Crippen LogP contribution in [0.25, 0.3) is 10.9 Å². The van der Waals surface area contributed by atoms with Gasteiger partial charge in [-0.3, -0.25) is 4.79 Å². The summed E-state index contributed by atoms with van der Waals surface area (Å²) in [7, 11) is 1.68. The van der Waals surface area contributed by atoms with Gasteiger partial charge in [-0.2, -0.15) is 0 Å². The van der Waals surface area contributed by atoms with E-state index in [1.54, 1.807) is 7.11 Å². The van der Waals surface area contributed by atoms with Crippen LogP contribution in [-0.2, 0) is 17.6 Å². The van der Waals surface area contributed by atoms with Crippen molar-refractivity contribution >= 4 is 16.8 Å². The third kappa shape index (κ3) is 3.35. The lowest BCUT2D eigenvalue weighted by Gasteiger charge is -2.21. The number of ether oxygens (including phenoxy) is 1. The Morgan fingerprint density at radius 2 is 1.63 bits per heavy atom. The fourth-order valence-corrected chi connectivity index (χ4v) is 4.55. The average Bonchev–Trinajstić information content (AvgIpc) is 3.32. The van der Waals surface area contributed by atoms with Gasteiger partial charge in [-0.1, -0.05) is 60.7 Å². The summed E-state index contributed by atoms with van der Waals surface area (Å²) in [6.45, 7) is 0. The molecule has 3 aromatic carbocycles. The SMILES string of the molecule is COc1ccc2[nH]c3c(c2c1)CC(NC(=O)C(c1ccccc1)c1ccccc1)C3. The predicted molar refractivity (Wildman–Crippen MR) is 119 cm³/mol. The van der Waals surface area contributed by atoms with Crippen molar-refractivity contribution in [2.45, 2.75) is 24.8 Å². The molecule has 4 aromatic rings. The number of hydrogen-bond donors (Lipinski definition) is 2. The second-order valence-corrected chi connectivity index (χ2v) is 7.86. The summed E-state index contributed by atoms with van der Waals surface area (Å²) in [4.78, 5) is 16.9. The van der Waals surface area contributed by atoms with E-state index in [1.807, 2.05) is 66.7 Å². The highest BCUT2D eigenvalue weighted by Gasteiger charge is 2.30. The zero-order valence-electron chi connectivity index (χ0n) is 16.9. The van der Waals surface area contributed by atoms with E-state index in [-0.39, 0.29) is 17.9 Å². The Kier molecular flexibility index (Phi) is 4.75. The second kappa shape index (κ2) is 7.71. The van der Waals surface area contributed by atoms with Crippen molar-refractivity contribution in [2.75, 3.05) is 7.11 Å². The molecule has 1 amide bonds. The van der Waals surface area contributed by atoms with E-state index in [1.165, 1.54) is 16.6 Å². The lowest BCUT2D eigenvalue weighted by Crippen LogP contribution is -2.39. The zero-order valence-corrected chi connectivity index (χ0v) is 16.9. The van der Waals surface area contributed by atoms with Crippen LogP contribution in [0.3, 0.4) is 0 Å². The van der Waals surface area contributed by atoms with E-state index in [9.17, 15) is 4.79 Å². The van der Waals surface area contributed by atoms with Crippen LogP contribution in [0, 0.1) is 0 Å². The number of carbonyl (C=O) groups is 1. The monoisotopic (exact) mass is 396 g/mol. The molecule has 0 fully saturated rings. The van der Waals surface area contributed by atoms with Gasteiger partial charge in [0.15, 0.2) is 0 Å². The van der Waals surface area contributed by atoms with Crippen LogP contribution in [0.5, 0.6) is 5.75 Å². The summed E-state index contributed by atoms with van der Waals surface area (Å²) in [5.41, 5.74) is 5.63. The fraction of sp³-hybridized carbons (Fsp3) is 0.192. The van der Waals surface area contributed by atoms with Crippen LogP contribution < -0.4 is 10.1 Å². The quantitative estimate of drug-likeness (QED) is 0.518. The molecule has 0 spiro atoms. The minimum Gasteiger partial charge on any atom is -0.497 e. The highest BCUT2D eigenvalue weighted by Crippen LogP contribution is 2.33. The Bertz CT molecular complexity index is 1140. The molecule has 0 aliphatic heterocycles. The molecule has 1 aromatic heterocycles. The minimum atomic E-state index is -0.316. The van der Waals surface area contributed by atoms with Crippen LogP contribution >= 0.6 is 0 Å². The molecule has 0 radical (unpaired) electrons. The smallest absolute Gasteiger partial charge is 0.232 e. The highest BCUT2D eigenvalue weighted by molar-refractivity contribution is 5.89. The van der Waals surface area contributed by atoms with Crippen molar-refractivity contribution in [1.29, 1.82) is 0 Å². The number of methoxy groups -OCH3 is 1. The molecule has 150 valence electrons. The third-order valence-electron chi connectivity index (χ3n) is 5.98. The molecule has 2 N–H and O–H groups in total. The summed E-state index contributed by atoms with van der Waals surface area (Å²) in [6.07, 6.45) is 1.64. The maximum Gasteiger partial charge on any atom is 0.232 e. The van der Waals surface area contributed by atoms with Gasteiger partial charge in [0, 0.05) is 29.1 Å². The molecule has 30 heavy (non-hydrogen) atoms. The van der Waals surface area contributed by atoms with Gasteiger partial charge in [-0.15, -0.1) is 0 Å². The summed E-state index contributed by atoms with van der Waals surface area (Å²) in [5.74, 6) is 0.581. The number of hydrogen-bond acceptors (Lipinski definition) is 2. The van der Waals surface area contributed by atoms with Gasteiger partial charge < -0.3 is 15.0 Å². The Labute approximate surface area is 175 Å². The molecular formula is C26H24N2O2. The number of nitrogens with one attached hydrogen (secondary N) is 2. The second-order valence-electron chi connectivity index (χ2n) is 7.86. The number of aromatic nitrogens is 1. The molecule has 4 nitrogen and oxygen atoms in total. The molecule has 0 bridgehead atoms. The van der Waals surface area contributed by atoms with Gasteiger partial charge in [-0.05, 0) is 41.3 Å². The van der Waals surface area contributed by atoms with Gasteiger partial charge in [0.2, 0.25) is 5.91 Å². The number of fused-ring (bicyclic) bond motifs is 3. The van der Waals surface area contributed by atoms with Gasteiger partial charge >= 0.3 is 0 Å². The van der Waals surface area contributed by atoms with Gasteiger partial charge in [0.1, 0.15) is 5.75 Å². The average molecular weight is 396 g/mol. The van der Waals surface area contributed by atoms with Gasteiger partial charge in [-0.25, -0.2) is 0 Å². The molecule has 4 heteroatoms. The number of aromatic amines is 1. The topological polar surface area (TPSA) is 54.1 Å². The number of rotatable bonds is 5. The Morgan fingerprint density at radius 3 is 2.27 bits per heavy atom. The first kappa shape index (κ1) is 18.5. The van der Waals surface area contributed by atoms with Crippen molar-refractivity contribution in [2.24, 2.45) is 0 Å². The molecule has 1 atom stereocenters. The van der Waals surface area contributed by atoms with E-state index >= 15 is 0 Å². The maximum absolute atomic E-state index is 13.4. The minimum absolute atomic E-state index is 0.0458. The first-order valence-corrected chi connectivity index (χ1v) is 10.3. The van der Waals surface area contributed by atoms with Crippen LogP contribution in [0.15, 0.2) is 78.9 Å². The van der Waals surface area contributed by atoms with E-state index in [4.69, 9.17) is 4.74 Å². The lowest BCUT2D eigenvalue weighted by atomic mass is 9.90. The van der Waals surface area contributed by atoms with Crippen LogP contribution in [0.4, 0.5) is 0 Å². The number of carbonyl (C=O) groups excluding carboxylic acids is 1. The molecular weight excluding hydrogens is 372 g/mol.